The number of rotatable bonds is 4. The van der Waals surface area contributed by atoms with E-state index in [-0.39, 0.29) is 48.3 Å². The molecular formula is C29H22F6N6O2. The Morgan fingerprint density at radius 3 is 2.42 bits per heavy atom. The van der Waals surface area contributed by atoms with E-state index in [0.717, 1.165) is 17.7 Å². The van der Waals surface area contributed by atoms with Gasteiger partial charge in [0.15, 0.2) is 17.3 Å². The normalized spacial score (nSPS) is 14.5. The number of piperidine rings is 1. The number of halogens is 6. The van der Waals surface area contributed by atoms with Crippen LogP contribution in [0.15, 0.2) is 59.7 Å². The largest absolute Gasteiger partial charge is 0.419 e. The smallest absolute Gasteiger partial charge is 0.337 e. The number of H-pyrrole nitrogens is 1. The maximum absolute atomic E-state index is 14.6. The molecule has 3 aromatic heterocycles. The summed E-state index contributed by atoms with van der Waals surface area (Å²) in [7, 11) is 0. The molecule has 2 aromatic carbocycles. The van der Waals surface area contributed by atoms with Crippen LogP contribution < -0.4 is 5.69 Å². The summed E-state index contributed by atoms with van der Waals surface area (Å²) in [4.78, 5) is 34.3. The summed E-state index contributed by atoms with van der Waals surface area (Å²) in [5.74, 6) is -4.22. The molecule has 1 amide bonds. The number of amides is 1. The fraction of sp³-hybridized carbons (Fsp3) is 0.241. The Labute approximate surface area is 239 Å². The number of carbonyl (C=O) groups excluding carboxylic acids is 1. The van der Waals surface area contributed by atoms with Crippen molar-refractivity contribution in [1.29, 1.82) is 0 Å². The Kier molecular flexibility index (Phi) is 6.86. The van der Waals surface area contributed by atoms with E-state index in [2.05, 4.69) is 15.1 Å². The predicted octanol–water partition coefficient (Wildman–Crippen LogP) is 5.80. The Hall–Kier alpha value is -4.88. The molecule has 0 spiro atoms. The Morgan fingerprint density at radius 2 is 1.74 bits per heavy atom. The molecule has 8 nitrogen and oxygen atoms in total. The van der Waals surface area contributed by atoms with Crippen molar-refractivity contribution in [3.63, 3.8) is 0 Å². The van der Waals surface area contributed by atoms with Crippen molar-refractivity contribution in [3.05, 3.63) is 99.6 Å². The van der Waals surface area contributed by atoms with Crippen molar-refractivity contribution < 1.29 is 31.1 Å². The molecule has 0 saturated carbocycles. The molecule has 1 N–H and O–H groups in total. The number of carbonyl (C=O) groups is 1. The molecule has 43 heavy (non-hydrogen) atoms. The number of aromatic nitrogens is 5. The molecule has 0 radical (unpaired) electrons. The number of alkyl halides is 3. The first-order valence-electron chi connectivity index (χ1n) is 13.2. The molecule has 5 aromatic rings. The van der Waals surface area contributed by atoms with Crippen LogP contribution >= 0.6 is 0 Å². The van der Waals surface area contributed by atoms with Crippen molar-refractivity contribution in [3.8, 4) is 16.9 Å². The van der Waals surface area contributed by atoms with Gasteiger partial charge in [-0.3, -0.25) is 14.3 Å². The first kappa shape index (κ1) is 28.2. The number of aromatic amines is 1. The summed E-state index contributed by atoms with van der Waals surface area (Å²) >= 11 is 0. The van der Waals surface area contributed by atoms with E-state index in [4.69, 9.17) is 0 Å². The number of nitrogens with zero attached hydrogens (tertiary/aromatic N) is 5. The number of imidazole rings is 1. The zero-order valence-corrected chi connectivity index (χ0v) is 22.4. The van der Waals surface area contributed by atoms with Gasteiger partial charge in [-0.15, -0.1) is 0 Å². The van der Waals surface area contributed by atoms with Gasteiger partial charge in [0.25, 0.3) is 5.91 Å². The van der Waals surface area contributed by atoms with Crippen LogP contribution in [0.5, 0.6) is 0 Å². The van der Waals surface area contributed by atoms with Crippen LogP contribution in [-0.2, 0) is 6.18 Å². The molecule has 0 aliphatic carbocycles. The molecule has 1 aliphatic heterocycles. The standard InChI is InChI=1S/C29H22F6N6O2/c1-15-6-9-36-14-18(15)24-13-23(38-41(24)17-2-3-19(21(31)12-17)29(33,34)35)27(42)39-10-7-16(8-11-39)40-26-22(37-28(40)43)5-4-20(30)25(26)32/h2-6,9,12-14,16H,7-8,10-11H2,1H3,(H,37,43). The topological polar surface area (TPSA) is 88.8 Å². The van der Waals surface area contributed by atoms with Gasteiger partial charge in [0.2, 0.25) is 0 Å². The zero-order chi connectivity index (χ0) is 30.6. The molecular weight excluding hydrogens is 578 g/mol. The lowest BCUT2D eigenvalue weighted by Crippen LogP contribution is -2.40. The molecule has 1 aliphatic rings. The summed E-state index contributed by atoms with van der Waals surface area (Å²) in [6.45, 7) is 2.08. The number of benzene rings is 2. The Balaban J connectivity index is 1.31. The first-order chi connectivity index (χ1) is 20.4. The maximum Gasteiger partial charge on any atom is 0.419 e. The summed E-state index contributed by atoms with van der Waals surface area (Å²) in [6, 6.07) is 7.23. The molecule has 0 bridgehead atoms. The van der Waals surface area contributed by atoms with Crippen molar-refractivity contribution >= 4 is 16.9 Å². The number of hydrogen-bond donors (Lipinski definition) is 1. The third-order valence-electron chi connectivity index (χ3n) is 7.63. The van der Waals surface area contributed by atoms with Gasteiger partial charge in [-0.05, 0) is 61.7 Å². The molecule has 222 valence electrons. The molecule has 1 saturated heterocycles. The van der Waals surface area contributed by atoms with Crippen LogP contribution in [0.1, 0.15) is 40.5 Å². The lowest BCUT2D eigenvalue weighted by atomic mass is 10.0. The van der Waals surface area contributed by atoms with Gasteiger partial charge >= 0.3 is 11.9 Å². The fourth-order valence-corrected chi connectivity index (χ4v) is 5.46. The molecule has 4 heterocycles. The second kappa shape index (κ2) is 10.4. The van der Waals surface area contributed by atoms with Crippen molar-refractivity contribution in [2.45, 2.75) is 32.0 Å². The van der Waals surface area contributed by atoms with Gasteiger partial charge in [-0.1, -0.05) is 0 Å². The summed E-state index contributed by atoms with van der Waals surface area (Å²) < 4.78 is 84.9. The minimum Gasteiger partial charge on any atom is -0.337 e. The highest BCUT2D eigenvalue weighted by Crippen LogP contribution is 2.34. The number of pyridine rings is 1. The van der Waals surface area contributed by atoms with Gasteiger partial charge in [0, 0.05) is 43.2 Å². The van der Waals surface area contributed by atoms with Gasteiger partial charge in [-0.2, -0.15) is 18.3 Å². The average Bonchev–Trinajstić information content (AvgIpc) is 3.56. The van der Waals surface area contributed by atoms with Gasteiger partial charge in [0.05, 0.1) is 22.5 Å². The van der Waals surface area contributed by atoms with Gasteiger partial charge in [-0.25, -0.2) is 22.6 Å². The predicted molar refractivity (Wildman–Crippen MR) is 143 cm³/mol. The van der Waals surface area contributed by atoms with Crippen molar-refractivity contribution in [2.24, 2.45) is 0 Å². The van der Waals surface area contributed by atoms with Crippen LogP contribution in [0.25, 0.3) is 28.0 Å². The molecule has 0 unspecified atom stereocenters. The fourth-order valence-electron chi connectivity index (χ4n) is 5.46. The highest BCUT2D eigenvalue weighted by Gasteiger charge is 2.35. The number of nitrogens with one attached hydrogen (secondary N) is 1. The molecule has 0 atom stereocenters. The van der Waals surface area contributed by atoms with Crippen molar-refractivity contribution in [2.75, 3.05) is 13.1 Å². The highest BCUT2D eigenvalue weighted by molar-refractivity contribution is 5.94. The molecule has 14 heteroatoms. The SMILES string of the molecule is Cc1ccncc1-c1cc(C(=O)N2CCC(n3c(=O)[nH]c4ccc(F)c(F)c43)CC2)nn1-c1ccc(C(F)(F)F)c(F)c1. The third-order valence-corrected chi connectivity index (χ3v) is 7.63. The summed E-state index contributed by atoms with van der Waals surface area (Å²) in [5, 5.41) is 4.35. The van der Waals surface area contributed by atoms with Gasteiger partial charge in [0.1, 0.15) is 11.3 Å². The van der Waals surface area contributed by atoms with E-state index >= 15 is 0 Å². The highest BCUT2D eigenvalue weighted by atomic mass is 19.4. The zero-order valence-electron chi connectivity index (χ0n) is 22.4. The lowest BCUT2D eigenvalue weighted by molar-refractivity contribution is -0.140. The second-order valence-corrected chi connectivity index (χ2v) is 10.3. The molecule has 6 rings (SSSR count). The first-order valence-corrected chi connectivity index (χ1v) is 13.2. The molecule has 1 fully saturated rings. The van der Waals surface area contributed by atoms with Crippen LogP contribution in [0, 0.1) is 24.4 Å². The van der Waals surface area contributed by atoms with E-state index < -0.39 is 46.8 Å². The van der Waals surface area contributed by atoms with Crippen LogP contribution in [-0.4, -0.2) is 48.2 Å². The van der Waals surface area contributed by atoms with E-state index in [9.17, 15) is 35.9 Å². The van der Waals surface area contributed by atoms with Crippen LogP contribution in [0.3, 0.4) is 0 Å². The minimum atomic E-state index is -4.89. The quantitative estimate of drug-likeness (QED) is 0.264. The van der Waals surface area contributed by atoms with Crippen LogP contribution in [0.4, 0.5) is 26.3 Å². The number of hydrogen-bond acceptors (Lipinski definition) is 4. The Morgan fingerprint density at radius 1 is 1.00 bits per heavy atom. The summed E-state index contributed by atoms with van der Waals surface area (Å²) in [6.07, 6.45) is -1.32. The monoisotopic (exact) mass is 600 g/mol. The number of likely N-dealkylation sites (tertiary alicyclic amines) is 1. The number of fused-ring (bicyclic) bond motifs is 1. The van der Waals surface area contributed by atoms with E-state index in [1.807, 2.05) is 0 Å². The van der Waals surface area contributed by atoms with Crippen molar-refractivity contribution in [1.82, 2.24) is 29.2 Å². The van der Waals surface area contributed by atoms with E-state index in [0.29, 0.717) is 23.4 Å². The Bertz CT molecular complexity index is 1930. The number of aryl methyl sites for hydroxylation is 1. The third kappa shape index (κ3) is 4.96. The van der Waals surface area contributed by atoms with Gasteiger partial charge < -0.3 is 9.88 Å². The average molecular weight is 601 g/mol. The van der Waals surface area contributed by atoms with Crippen LogP contribution in [0.2, 0.25) is 0 Å². The second-order valence-electron chi connectivity index (χ2n) is 10.3. The lowest BCUT2D eigenvalue weighted by Gasteiger charge is -2.32. The minimum absolute atomic E-state index is 0.0329. The van der Waals surface area contributed by atoms with E-state index in [1.54, 1.807) is 19.2 Å². The summed E-state index contributed by atoms with van der Waals surface area (Å²) in [5.41, 5.74) is -0.548. The van der Waals surface area contributed by atoms with E-state index in [1.165, 1.54) is 32.5 Å². The maximum atomic E-state index is 14.6.